The van der Waals surface area contributed by atoms with Crippen LogP contribution < -0.4 is 0 Å². The summed E-state index contributed by atoms with van der Waals surface area (Å²) in [6.45, 7) is 6.64. The maximum Gasteiger partial charge on any atom is 0.128 e. The molecule has 13 heavy (non-hydrogen) atoms. The first-order chi connectivity index (χ1) is 6.15. The van der Waals surface area contributed by atoms with E-state index in [4.69, 9.17) is 11.1 Å². The highest BCUT2D eigenvalue weighted by molar-refractivity contribution is 6.94. The number of halogens is 1. The Morgan fingerprint density at radius 2 is 1.69 bits per heavy atom. The molecular weight excluding hydrogens is 196 g/mol. The van der Waals surface area contributed by atoms with Crippen molar-refractivity contribution in [3.8, 4) is 0 Å². The number of rotatable bonds is 3. The van der Waals surface area contributed by atoms with Gasteiger partial charge in [-0.1, -0.05) is 43.7 Å². The van der Waals surface area contributed by atoms with Crippen molar-refractivity contribution in [2.75, 3.05) is 0 Å². The van der Waals surface area contributed by atoms with Gasteiger partial charge in [0.25, 0.3) is 0 Å². The van der Waals surface area contributed by atoms with Gasteiger partial charge in [-0.05, 0) is 23.9 Å². The standard InChI is InChI=1S/C11H17ClSi/c1-8-4-6-11(7-5-8)9(2)10(3)13-12/h4-7,9-10H,13H2,1-3H3. The molecule has 0 aliphatic heterocycles. The molecule has 0 amide bonds. The Labute approximate surface area is 87.8 Å². The van der Waals surface area contributed by atoms with Crippen LogP contribution in [-0.4, -0.2) is 8.83 Å². The number of hydrogen-bond acceptors (Lipinski definition) is 0. The summed E-state index contributed by atoms with van der Waals surface area (Å²) in [6.07, 6.45) is 0. The molecule has 0 spiro atoms. The van der Waals surface area contributed by atoms with Gasteiger partial charge >= 0.3 is 0 Å². The van der Waals surface area contributed by atoms with Crippen LogP contribution in [-0.2, 0) is 0 Å². The highest BCUT2D eigenvalue weighted by Crippen LogP contribution is 2.28. The highest BCUT2D eigenvalue weighted by Gasteiger charge is 2.12. The van der Waals surface area contributed by atoms with Crippen molar-refractivity contribution >= 4 is 19.9 Å². The fourth-order valence-corrected chi connectivity index (χ4v) is 2.67. The topological polar surface area (TPSA) is 0 Å². The predicted octanol–water partition coefficient (Wildman–Crippen LogP) is 3.23. The quantitative estimate of drug-likeness (QED) is 0.533. The van der Waals surface area contributed by atoms with Gasteiger partial charge in [-0.25, -0.2) is 0 Å². The third-order valence-corrected chi connectivity index (χ3v) is 5.35. The normalized spacial score (nSPS) is 16.3. The van der Waals surface area contributed by atoms with E-state index in [9.17, 15) is 0 Å². The summed E-state index contributed by atoms with van der Waals surface area (Å²) in [6, 6.07) is 8.79. The van der Waals surface area contributed by atoms with E-state index in [-0.39, 0.29) is 0 Å². The molecule has 0 nitrogen and oxygen atoms in total. The largest absolute Gasteiger partial charge is 0.176 e. The fraction of sp³-hybridized carbons (Fsp3) is 0.455. The van der Waals surface area contributed by atoms with Gasteiger partial charge in [0, 0.05) is 0 Å². The van der Waals surface area contributed by atoms with Crippen molar-refractivity contribution in [3.05, 3.63) is 35.4 Å². The van der Waals surface area contributed by atoms with E-state index in [0.717, 1.165) is 0 Å². The third-order valence-electron chi connectivity index (χ3n) is 2.70. The van der Waals surface area contributed by atoms with Gasteiger partial charge in [0.15, 0.2) is 0 Å². The van der Waals surface area contributed by atoms with Crippen LogP contribution in [0, 0.1) is 6.92 Å². The van der Waals surface area contributed by atoms with E-state index in [0.29, 0.717) is 11.5 Å². The molecule has 0 fully saturated rings. The van der Waals surface area contributed by atoms with Crippen LogP contribution in [0.2, 0.25) is 5.54 Å². The summed E-state index contributed by atoms with van der Waals surface area (Å²) in [7, 11) is -0.390. The molecule has 0 bridgehead atoms. The Morgan fingerprint density at radius 3 is 2.15 bits per heavy atom. The Bertz CT molecular complexity index is 255. The molecule has 0 aliphatic rings. The van der Waals surface area contributed by atoms with Crippen LogP contribution in [0.1, 0.15) is 30.9 Å². The summed E-state index contributed by atoms with van der Waals surface area (Å²) >= 11 is 5.97. The molecule has 0 saturated heterocycles. The minimum absolute atomic E-state index is 0.390. The minimum Gasteiger partial charge on any atom is -0.176 e. The summed E-state index contributed by atoms with van der Waals surface area (Å²) < 4.78 is 0. The lowest BCUT2D eigenvalue weighted by molar-refractivity contribution is 0.729. The SMILES string of the molecule is Cc1ccc(C(C)C(C)[SiH2]Cl)cc1. The molecule has 0 aliphatic carbocycles. The fourth-order valence-electron chi connectivity index (χ4n) is 1.33. The van der Waals surface area contributed by atoms with Crippen molar-refractivity contribution in [1.29, 1.82) is 0 Å². The average Bonchev–Trinajstić information content (AvgIpc) is 2.17. The van der Waals surface area contributed by atoms with Crippen LogP contribution in [0.25, 0.3) is 0 Å². The second-order valence-corrected chi connectivity index (χ2v) is 6.35. The first-order valence-electron chi connectivity index (χ1n) is 4.77. The van der Waals surface area contributed by atoms with E-state index < -0.39 is 8.83 Å². The molecule has 1 aromatic carbocycles. The van der Waals surface area contributed by atoms with E-state index in [1.54, 1.807) is 0 Å². The Hall–Kier alpha value is -0.273. The molecule has 0 radical (unpaired) electrons. The van der Waals surface area contributed by atoms with Crippen LogP contribution in [0.15, 0.2) is 24.3 Å². The Morgan fingerprint density at radius 1 is 1.15 bits per heavy atom. The molecular formula is C11H17ClSi. The van der Waals surface area contributed by atoms with Gasteiger partial charge in [-0.3, -0.25) is 0 Å². The molecule has 2 atom stereocenters. The molecule has 0 aromatic heterocycles. The van der Waals surface area contributed by atoms with Gasteiger partial charge < -0.3 is 0 Å². The van der Waals surface area contributed by atoms with Crippen LogP contribution >= 0.6 is 11.1 Å². The molecule has 2 unspecified atom stereocenters. The van der Waals surface area contributed by atoms with Crippen molar-refractivity contribution in [2.45, 2.75) is 32.2 Å². The summed E-state index contributed by atoms with van der Waals surface area (Å²) in [5.41, 5.74) is 3.43. The lowest BCUT2D eigenvalue weighted by Gasteiger charge is -2.17. The number of aryl methyl sites for hydroxylation is 1. The Kier molecular flexibility index (Phi) is 4.01. The van der Waals surface area contributed by atoms with Gasteiger partial charge in [-0.2, -0.15) is 11.1 Å². The van der Waals surface area contributed by atoms with Gasteiger partial charge in [0.05, 0.1) is 0 Å². The molecule has 72 valence electrons. The number of hydrogen-bond donors (Lipinski definition) is 0. The van der Waals surface area contributed by atoms with Gasteiger partial charge in [0.1, 0.15) is 8.83 Å². The highest BCUT2D eigenvalue weighted by atomic mass is 35.6. The maximum absolute atomic E-state index is 5.97. The Balaban J connectivity index is 2.77. The van der Waals surface area contributed by atoms with Crippen molar-refractivity contribution in [3.63, 3.8) is 0 Å². The van der Waals surface area contributed by atoms with E-state index in [1.807, 2.05) is 0 Å². The molecule has 1 rings (SSSR count). The van der Waals surface area contributed by atoms with Crippen molar-refractivity contribution in [2.24, 2.45) is 0 Å². The first-order valence-corrected chi connectivity index (χ1v) is 7.73. The maximum atomic E-state index is 5.97. The summed E-state index contributed by atoms with van der Waals surface area (Å²) in [5, 5.41) is 0. The molecule has 0 heterocycles. The predicted molar refractivity (Wildman–Crippen MR) is 63.4 cm³/mol. The number of benzene rings is 1. The zero-order valence-electron chi connectivity index (χ0n) is 8.55. The van der Waals surface area contributed by atoms with Crippen LogP contribution in [0.5, 0.6) is 0 Å². The van der Waals surface area contributed by atoms with E-state index >= 15 is 0 Å². The minimum atomic E-state index is -0.390. The molecule has 0 N–H and O–H groups in total. The zero-order chi connectivity index (χ0) is 9.84. The van der Waals surface area contributed by atoms with E-state index in [1.165, 1.54) is 11.1 Å². The molecule has 0 saturated carbocycles. The first kappa shape index (κ1) is 10.8. The second kappa shape index (κ2) is 4.82. The third kappa shape index (κ3) is 2.85. The van der Waals surface area contributed by atoms with Crippen molar-refractivity contribution < 1.29 is 0 Å². The van der Waals surface area contributed by atoms with Gasteiger partial charge in [0.2, 0.25) is 0 Å². The monoisotopic (exact) mass is 212 g/mol. The summed E-state index contributed by atoms with van der Waals surface area (Å²) in [4.78, 5) is 0. The average molecular weight is 213 g/mol. The van der Waals surface area contributed by atoms with E-state index in [2.05, 4.69) is 45.0 Å². The summed E-state index contributed by atoms with van der Waals surface area (Å²) in [5.74, 6) is 0.616. The zero-order valence-corrected chi connectivity index (χ0v) is 10.7. The lowest BCUT2D eigenvalue weighted by atomic mass is 9.97. The van der Waals surface area contributed by atoms with Crippen LogP contribution in [0.3, 0.4) is 0 Å². The lowest BCUT2D eigenvalue weighted by Crippen LogP contribution is -2.04. The van der Waals surface area contributed by atoms with Gasteiger partial charge in [-0.15, -0.1) is 0 Å². The second-order valence-electron chi connectivity index (χ2n) is 3.83. The van der Waals surface area contributed by atoms with Crippen molar-refractivity contribution in [1.82, 2.24) is 0 Å². The van der Waals surface area contributed by atoms with Crippen LogP contribution in [0.4, 0.5) is 0 Å². The smallest absolute Gasteiger partial charge is 0.128 e. The molecule has 1 aromatic rings. The molecule has 2 heteroatoms.